The molecule has 0 nitrogen and oxygen atoms in total. The topological polar surface area (TPSA) is 0 Å². The third-order valence-electron chi connectivity index (χ3n) is 1.50. The maximum Gasteiger partial charge on any atom is 0.0474 e. The number of hydrogen-bond donors (Lipinski definition) is 0. The number of unbranched alkanes of at least 4 members (excludes halogenated alkanes) is 1. The molecule has 0 aliphatic carbocycles. The standard InChI is InChI=1S/C7H7Cl.C4H10/c8-6-7-4-2-1-3-5-7;1-3-4-2/h1-5H,6H2;3-4H2,1-2H3. The van der Waals surface area contributed by atoms with Crippen LogP contribution in [0.2, 0.25) is 0 Å². The highest BCUT2D eigenvalue weighted by Gasteiger charge is 1.81. The molecule has 0 aliphatic heterocycles. The van der Waals surface area contributed by atoms with E-state index in [1.807, 2.05) is 30.3 Å². The first-order valence-corrected chi connectivity index (χ1v) is 4.98. The zero-order valence-corrected chi connectivity index (χ0v) is 8.64. The Labute approximate surface area is 80.6 Å². The van der Waals surface area contributed by atoms with Gasteiger partial charge in [-0.25, -0.2) is 0 Å². The van der Waals surface area contributed by atoms with E-state index >= 15 is 0 Å². The molecular formula is C11H17Cl. The molecule has 1 aromatic rings. The van der Waals surface area contributed by atoms with Crippen LogP contribution in [0.4, 0.5) is 0 Å². The highest BCUT2D eigenvalue weighted by Crippen LogP contribution is 2.00. The first-order valence-electron chi connectivity index (χ1n) is 4.45. The van der Waals surface area contributed by atoms with Gasteiger partial charge in [0.15, 0.2) is 0 Å². The van der Waals surface area contributed by atoms with Crippen molar-refractivity contribution in [1.29, 1.82) is 0 Å². The summed E-state index contributed by atoms with van der Waals surface area (Å²) in [7, 11) is 0. The van der Waals surface area contributed by atoms with Gasteiger partial charge in [-0.1, -0.05) is 57.0 Å². The quantitative estimate of drug-likeness (QED) is 0.604. The van der Waals surface area contributed by atoms with Gasteiger partial charge in [0, 0.05) is 5.88 Å². The Balaban J connectivity index is 0.000000261. The molecular weight excluding hydrogens is 168 g/mol. The number of benzene rings is 1. The fourth-order valence-electron chi connectivity index (χ4n) is 0.567. The van der Waals surface area contributed by atoms with Crippen LogP contribution in [-0.4, -0.2) is 0 Å². The lowest BCUT2D eigenvalue weighted by molar-refractivity contribution is 0.886. The summed E-state index contributed by atoms with van der Waals surface area (Å²) in [5, 5.41) is 0. The second kappa shape index (κ2) is 8.61. The Kier molecular flexibility index (Phi) is 8.25. The molecule has 0 unspecified atom stereocenters. The van der Waals surface area contributed by atoms with Gasteiger partial charge in [-0.15, -0.1) is 11.6 Å². The van der Waals surface area contributed by atoms with E-state index in [4.69, 9.17) is 11.6 Å². The lowest BCUT2D eigenvalue weighted by Crippen LogP contribution is -1.71. The van der Waals surface area contributed by atoms with Gasteiger partial charge in [-0.2, -0.15) is 0 Å². The van der Waals surface area contributed by atoms with Gasteiger partial charge in [0.25, 0.3) is 0 Å². The fraction of sp³-hybridized carbons (Fsp3) is 0.455. The van der Waals surface area contributed by atoms with Crippen molar-refractivity contribution < 1.29 is 0 Å². The van der Waals surface area contributed by atoms with E-state index in [2.05, 4.69) is 13.8 Å². The van der Waals surface area contributed by atoms with Crippen LogP contribution in [0.1, 0.15) is 32.3 Å². The van der Waals surface area contributed by atoms with Gasteiger partial charge in [0.05, 0.1) is 0 Å². The SMILES string of the molecule is CCCC.ClCc1ccccc1. The largest absolute Gasteiger partial charge is 0.122 e. The highest BCUT2D eigenvalue weighted by atomic mass is 35.5. The summed E-state index contributed by atoms with van der Waals surface area (Å²) in [6.07, 6.45) is 2.64. The van der Waals surface area contributed by atoms with Crippen molar-refractivity contribution in [2.24, 2.45) is 0 Å². The van der Waals surface area contributed by atoms with E-state index in [0.29, 0.717) is 5.88 Å². The van der Waals surface area contributed by atoms with Crippen LogP contribution in [0.5, 0.6) is 0 Å². The highest BCUT2D eigenvalue weighted by molar-refractivity contribution is 6.17. The molecule has 0 saturated heterocycles. The van der Waals surface area contributed by atoms with Crippen molar-refractivity contribution in [3.63, 3.8) is 0 Å². The van der Waals surface area contributed by atoms with E-state index in [1.165, 1.54) is 18.4 Å². The van der Waals surface area contributed by atoms with Crippen LogP contribution in [0, 0.1) is 0 Å². The molecule has 0 aliphatic rings. The minimum Gasteiger partial charge on any atom is -0.122 e. The number of alkyl halides is 1. The van der Waals surface area contributed by atoms with Crippen molar-refractivity contribution >= 4 is 11.6 Å². The van der Waals surface area contributed by atoms with E-state index in [-0.39, 0.29) is 0 Å². The molecule has 12 heavy (non-hydrogen) atoms. The summed E-state index contributed by atoms with van der Waals surface area (Å²) in [4.78, 5) is 0. The Morgan fingerprint density at radius 1 is 1.00 bits per heavy atom. The van der Waals surface area contributed by atoms with E-state index in [0.717, 1.165) is 0 Å². The van der Waals surface area contributed by atoms with Crippen LogP contribution in [-0.2, 0) is 5.88 Å². The first kappa shape index (κ1) is 11.5. The van der Waals surface area contributed by atoms with Crippen LogP contribution >= 0.6 is 11.6 Å². The second-order valence-electron chi connectivity index (χ2n) is 2.62. The zero-order chi connectivity index (χ0) is 9.23. The molecule has 0 radical (unpaired) electrons. The molecule has 0 amide bonds. The lowest BCUT2D eigenvalue weighted by Gasteiger charge is -1.88. The van der Waals surface area contributed by atoms with E-state index in [9.17, 15) is 0 Å². The summed E-state index contributed by atoms with van der Waals surface area (Å²) >= 11 is 5.53. The van der Waals surface area contributed by atoms with E-state index in [1.54, 1.807) is 0 Å². The normalized spacial score (nSPS) is 8.58. The van der Waals surface area contributed by atoms with Crippen molar-refractivity contribution in [2.75, 3.05) is 0 Å². The van der Waals surface area contributed by atoms with Crippen molar-refractivity contribution in [2.45, 2.75) is 32.6 Å². The average molecular weight is 185 g/mol. The van der Waals surface area contributed by atoms with Gasteiger partial charge in [0.2, 0.25) is 0 Å². The maximum absolute atomic E-state index is 5.53. The molecule has 0 spiro atoms. The van der Waals surface area contributed by atoms with Gasteiger partial charge in [-0.05, 0) is 5.56 Å². The first-order chi connectivity index (χ1) is 5.85. The molecule has 0 atom stereocenters. The number of rotatable bonds is 2. The molecule has 0 heterocycles. The van der Waals surface area contributed by atoms with Crippen molar-refractivity contribution in [1.82, 2.24) is 0 Å². The van der Waals surface area contributed by atoms with E-state index < -0.39 is 0 Å². The summed E-state index contributed by atoms with van der Waals surface area (Å²) in [6, 6.07) is 9.96. The zero-order valence-electron chi connectivity index (χ0n) is 7.89. The van der Waals surface area contributed by atoms with Crippen molar-refractivity contribution in [3.8, 4) is 0 Å². The van der Waals surface area contributed by atoms with Gasteiger partial charge < -0.3 is 0 Å². The van der Waals surface area contributed by atoms with Crippen LogP contribution in [0.3, 0.4) is 0 Å². The van der Waals surface area contributed by atoms with Gasteiger partial charge in [-0.3, -0.25) is 0 Å². The number of halogens is 1. The van der Waals surface area contributed by atoms with Gasteiger partial charge >= 0.3 is 0 Å². The summed E-state index contributed by atoms with van der Waals surface area (Å²) < 4.78 is 0. The molecule has 1 rings (SSSR count). The third-order valence-corrected chi connectivity index (χ3v) is 1.81. The Bertz CT molecular complexity index is 168. The monoisotopic (exact) mass is 184 g/mol. The Morgan fingerprint density at radius 3 is 1.75 bits per heavy atom. The molecule has 0 N–H and O–H groups in total. The molecule has 0 aromatic heterocycles. The molecule has 0 saturated carbocycles. The molecule has 1 aromatic carbocycles. The van der Waals surface area contributed by atoms with Crippen LogP contribution in [0.25, 0.3) is 0 Å². The minimum atomic E-state index is 0.612. The smallest absolute Gasteiger partial charge is 0.0474 e. The second-order valence-corrected chi connectivity index (χ2v) is 2.89. The maximum atomic E-state index is 5.53. The summed E-state index contributed by atoms with van der Waals surface area (Å²) in [5.74, 6) is 0.612. The molecule has 0 bridgehead atoms. The average Bonchev–Trinajstić information content (AvgIpc) is 2.19. The minimum absolute atomic E-state index is 0.612. The van der Waals surface area contributed by atoms with Crippen molar-refractivity contribution in [3.05, 3.63) is 35.9 Å². The molecule has 0 fully saturated rings. The van der Waals surface area contributed by atoms with Crippen LogP contribution < -0.4 is 0 Å². The Hall–Kier alpha value is -0.490. The van der Waals surface area contributed by atoms with Crippen LogP contribution in [0.15, 0.2) is 30.3 Å². The fourth-order valence-corrected chi connectivity index (χ4v) is 0.745. The predicted octanol–water partition coefficient (Wildman–Crippen LogP) is 4.23. The third kappa shape index (κ3) is 6.23. The summed E-state index contributed by atoms with van der Waals surface area (Å²) in [6.45, 7) is 4.36. The molecule has 1 heteroatoms. The van der Waals surface area contributed by atoms with Gasteiger partial charge in [0.1, 0.15) is 0 Å². The number of hydrogen-bond acceptors (Lipinski definition) is 0. The lowest BCUT2D eigenvalue weighted by atomic mass is 10.2. The predicted molar refractivity (Wildman–Crippen MR) is 56.6 cm³/mol. The Morgan fingerprint density at radius 2 is 1.50 bits per heavy atom. The molecule has 68 valence electrons. The summed E-state index contributed by atoms with van der Waals surface area (Å²) in [5.41, 5.74) is 1.18.